The standard InChI is InChI=1S/C20H26N2O3/c1-14-12-19(20(23)21-10-8-17(24-3)9-11-21)15(2)22(14)16-6-5-7-18(13-16)25-4/h5-7,12-13,17H,8-11H2,1-4H3. The molecule has 0 aliphatic carbocycles. The third-order valence-corrected chi connectivity index (χ3v) is 5.04. The zero-order chi connectivity index (χ0) is 18.0. The van der Waals surface area contributed by atoms with Crippen LogP contribution in [-0.4, -0.2) is 48.8 Å². The molecule has 3 rings (SSSR count). The quantitative estimate of drug-likeness (QED) is 0.856. The first-order valence-electron chi connectivity index (χ1n) is 8.70. The smallest absolute Gasteiger partial charge is 0.255 e. The molecule has 0 saturated carbocycles. The van der Waals surface area contributed by atoms with Crippen LogP contribution in [0.3, 0.4) is 0 Å². The minimum absolute atomic E-state index is 0.108. The molecule has 1 amide bonds. The Morgan fingerprint density at radius 3 is 2.48 bits per heavy atom. The van der Waals surface area contributed by atoms with E-state index in [4.69, 9.17) is 9.47 Å². The highest BCUT2D eigenvalue weighted by Gasteiger charge is 2.26. The van der Waals surface area contributed by atoms with Crippen molar-refractivity contribution in [3.63, 3.8) is 0 Å². The van der Waals surface area contributed by atoms with Crippen molar-refractivity contribution in [1.82, 2.24) is 9.47 Å². The fourth-order valence-corrected chi connectivity index (χ4v) is 3.59. The van der Waals surface area contributed by atoms with Crippen LogP contribution in [0.1, 0.15) is 34.6 Å². The van der Waals surface area contributed by atoms with Gasteiger partial charge in [0.2, 0.25) is 0 Å². The SMILES string of the molecule is COc1cccc(-n2c(C)cc(C(=O)N3CCC(OC)CC3)c2C)c1. The maximum atomic E-state index is 13.0. The second-order valence-electron chi connectivity index (χ2n) is 6.55. The average molecular weight is 342 g/mol. The van der Waals surface area contributed by atoms with Crippen LogP contribution < -0.4 is 4.74 Å². The molecule has 5 heteroatoms. The molecule has 0 N–H and O–H groups in total. The molecule has 5 nitrogen and oxygen atoms in total. The number of hydrogen-bond donors (Lipinski definition) is 0. The van der Waals surface area contributed by atoms with Crippen LogP contribution in [0.25, 0.3) is 5.69 Å². The molecule has 2 heterocycles. The molecule has 1 saturated heterocycles. The molecule has 0 spiro atoms. The summed E-state index contributed by atoms with van der Waals surface area (Å²) in [6.45, 7) is 5.53. The third kappa shape index (κ3) is 3.42. The van der Waals surface area contributed by atoms with Gasteiger partial charge in [-0.25, -0.2) is 0 Å². The molecule has 1 aromatic heterocycles. The first-order valence-corrected chi connectivity index (χ1v) is 8.70. The van der Waals surface area contributed by atoms with Gasteiger partial charge in [0, 0.05) is 43.3 Å². The minimum Gasteiger partial charge on any atom is -0.497 e. The molecule has 0 atom stereocenters. The predicted octanol–water partition coefficient (Wildman–Crippen LogP) is 3.35. The number of carbonyl (C=O) groups is 1. The summed E-state index contributed by atoms with van der Waals surface area (Å²) in [5.41, 5.74) is 3.79. The van der Waals surface area contributed by atoms with Crippen molar-refractivity contribution in [1.29, 1.82) is 0 Å². The van der Waals surface area contributed by atoms with Crippen molar-refractivity contribution in [2.24, 2.45) is 0 Å². The molecule has 0 radical (unpaired) electrons. The van der Waals surface area contributed by atoms with Crippen LogP contribution in [0.5, 0.6) is 5.75 Å². The van der Waals surface area contributed by atoms with E-state index in [9.17, 15) is 4.79 Å². The fraction of sp³-hybridized carbons (Fsp3) is 0.450. The first kappa shape index (κ1) is 17.5. The Bertz CT molecular complexity index is 758. The van der Waals surface area contributed by atoms with Crippen LogP contribution in [-0.2, 0) is 4.74 Å². The summed E-state index contributed by atoms with van der Waals surface area (Å²) in [4.78, 5) is 14.9. The molecular weight excluding hydrogens is 316 g/mol. The molecule has 1 aliphatic rings. The van der Waals surface area contributed by atoms with Gasteiger partial charge in [-0.05, 0) is 44.9 Å². The van der Waals surface area contributed by atoms with E-state index >= 15 is 0 Å². The van der Waals surface area contributed by atoms with Crippen molar-refractivity contribution >= 4 is 5.91 Å². The van der Waals surface area contributed by atoms with Gasteiger partial charge in [0.15, 0.2) is 0 Å². The van der Waals surface area contributed by atoms with Gasteiger partial charge in [-0.1, -0.05) is 6.07 Å². The molecule has 25 heavy (non-hydrogen) atoms. The fourth-order valence-electron chi connectivity index (χ4n) is 3.59. The number of nitrogens with zero attached hydrogens (tertiary/aromatic N) is 2. The lowest BCUT2D eigenvalue weighted by Crippen LogP contribution is -2.40. The normalized spacial score (nSPS) is 15.4. The lowest BCUT2D eigenvalue weighted by Gasteiger charge is -2.31. The van der Waals surface area contributed by atoms with Crippen molar-refractivity contribution in [3.05, 3.63) is 47.3 Å². The van der Waals surface area contributed by atoms with Crippen molar-refractivity contribution in [3.8, 4) is 11.4 Å². The maximum Gasteiger partial charge on any atom is 0.255 e. The van der Waals surface area contributed by atoms with Crippen LogP contribution in [0, 0.1) is 13.8 Å². The highest BCUT2D eigenvalue weighted by molar-refractivity contribution is 5.96. The summed E-state index contributed by atoms with van der Waals surface area (Å²) in [5, 5.41) is 0. The Labute approximate surface area is 149 Å². The topological polar surface area (TPSA) is 43.7 Å². The number of ether oxygens (including phenoxy) is 2. The number of likely N-dealkylation sites (tertiary alicyclic amines) is 1. The summed E-state index contributed by atoms with van der Waals surface area (Å²) in [5.74, 6) is 0.913. The van der Waals surface area contributed by atoms with Gasteiger partial charge in [-0.2, -0.15) is 0 Å². The molecule has 1 aromatic carbocycles. The van der Waals surface area contributed by atoms with E-state index in [-0.39, 0.29) is 12.0 Å². The molecular formula is C20H26N2O3. The largest absolute Gasteiger partial charge is 0.497 e. The van der Waals surface area contributed by atoms with Crippen molar-refractivity contribution in [2.75, 3.05) is 27.3 Å². The van der Waals surface area contributed by atoms with E-state index in [1.54, 1.807) is 14.2 Å². The highest BCUT2D eigenvalue weighted by Crippen LogP contribution is 2.25. The number of hydrogen-bond acceptors (Lipinski definition) is 3. The average Bonchev–Trinajstić information content (AvgIpc) is 2.95. The number of carbonyl (C=O) groups excluding carboxylic acids is 1. The van der Waals surface area contributed by atoms with E-state index in [1.807, 2.05) is 49.1 Å². The van der Waals surface area contributed by atoms with Crippen LogP contribution >= 0.6 is 0 Å². The molecule has 0 unspecified atom stereocenters. The lowest BCUT2D eigenvalue weighted by atomic mass is 10.1. The van der Waals surface area contributed by atoms with E-state index in [2.05, 4.69) is 4.57 Å². The molecule has 0 bridgehead atoms. The van der Waals surface area contributed by atoms with Crippen LogP contribution in [0.4, 0.5) is 0 Å². The zero-order valence-electron chi connectivity index (χ0n) is 15.4. The van der Waals surface area contributed by atoms with Gasteiger partial charge in [0.25, 0.3) is 5.91 Å². The summed E-state index contributed by atoms with van der Waals surface area (Å²) in [7, 11) is 3.40. The van der Waals surface area contributed by atoms with Crippen LogP contribution in [0.15, 0.2) is 30.3 Å². The zero-order valence-corrected chi connectivity index (χ0v) is 15.4. The van der Waals surface area contributed by atoms with E-state index in [0.717, 1.165) is 54.3 Å². The van der Waals surface area contributed by atoms with E-state index in [0.29, 0.717) is 0 Å². The number of piperidine rings is 1. The van der Waals surface area contributed by atoms with Gasteiger partial charge in [0.05, 0.1) is 18.8 Å². The summed E-state index contributed by atoms with van der Waals surface area (Å²) in [6, 6.07) is 9.88. The summed E-state index contributed by atoms with van der Waals surface area (Å²) < 4.78 is 12.8. The Kier molecular flexibility index (Phi) is 5.13. The molecule has 134 valence electrons. The van der Waals surface area contributed by atoms with Crippen molar-refractivity contribution < 1.29 is 14.3 Å². The number of benzene rings is 1. The van der Waals surface area contributed by atoms with Crippen LogP contribution in [0.2, 0.25) is 0 Å². The Hall–Kier alpha value is -2.27. The second-order valence-corrected chi connectivity index (χ2v) is 6.55. The van der Waals surface area contributed by atoms with Gasteiger partial charge in [-0.3, -0.25) is 4.79 Å². The number of amides is 1. The molecule has 1 fully saturated rings. The number of rotatable bonds is 4. The Balaban J connectivity index is 1.88. The lowest BCUT2D eigenvalue weighted by molar-refractivity contribution is 0.0350. The van der Waals surface area contributed by atoms with Gasteiger partial charge in [0.1, 0.15) is 5.75 Å². The summed E-state index contributed by atoms with van der Waals surface area (Å²) >= 11 is 0. The first-order chi connectivity index (χ1) is 12.0. The number of methoxy groups -OCH3 is 2. The third-order valence-electron chi connectivity index (χ3n) is 5.04. The van der Waals surface area contributed by atoms with Crippen molar-refractivity contribution in [2.45, 2.75) is 32.8 Å². The number of aryl methyl sites for hydroxylation is 1. The van der Waals surface area contributed by atoms with Gasteiger partial charge in [-0.15, -0.1) is 0 Å². The van der Waals surface area contributed by atoms with E-state index in [1.165, 1.54) is 0 Å². The van der Waals surface area contributed by atoms with Gasteiger partial charge >= 0.3 is 0 Å². The second kappa shape index (κ2) is 7.31. The Morgan fingerprint density at radius 1 is 1.12 bits per heavy atom. The number of aromatic nitrogens is 1. The Morgan fingerprint density at radius 2 is 1.84 bits per heavy atom. The minimum atomic E-state index is 0.108. The highest BCUT2D eigenvalue weighted by atomic mass is 16.5. The predicted molar refractivity (Wildman–Crippen MR) is 97.7 cm³/mol. The molecule has 1 aliphatic heterocycles. The monoisotopic (exact) mass is 342 g/mol. The molecule has 2 aromatic rings. The van der Waals surface area contributed by atoms with Gasteiger partial charge < -0.3 is 18.9 Å². The maximum absolute atomic E-state index is 13.0. The summed E-state index contributed by atoms with van der Waals surface area (Å²) in [6.07, 6.45) is 2.07. The van der Waals surface area contributed by atoms with E-state index < -0.39 is 0 Å².